The lowest BCUT2D eigenvalue weighted by molar-refractivity contribution is 0.0701. The summed E-state index contributed by atoms with van der Waals surface area (Å²) in [5.41, 5.74) is 2.09. The van der Waals surface area contributed by atoms with Crippen LogP contribution in [0.1, 0.15) is 10.5 Å². The molecular weight excluding hydrogens is 320 g/mol. The lowest BCUT2D eigenvalue weighted by Gasteiger charge is -2.09. The number of carbonyl (C=O) groups is 1. The van der Waals surface area contributed by atoms with Gasteiger partial charge in [0.2, 0.25) is 5.82 Å². The normalized spacial score (nSPS) is 10.8. The van der Waals surface area contributed by atoms with Gasteiger partial charge in [0.25, 0.3) is 5.91 Å². The largest absolute Gasteiger partial charge is 0.489 e. The summed E-state index contributed by atoms with van der Waals surface area (Å²) in [6, 6.07) is 8.69. The second-order valence-corrected chi connectivity index (χ2v) is 4.96. The van der Waals surface area contributed by atoms with Crippen molar-refractivity contribution in [2.45, 2.75) is 6.54 Å². The summed E-state index contributed by atoms with van der Waals surface area (Å²) in [5, 5.41) is 9.46. The Morgan fingerprint density at radius 2 is 2.08 bits per heavy atom. The maximum Gasteiger partial charge on any atom is 0.293 e. The van der Waals surface area contributed by atoms with Crippen molar-refractivity contribution in [1.82, 2.24) is 15.0 Å². The number of hydrogen-bond donors (Lipinski definition) is 2. The SMILES string of the molecule is O=C(NO)c1ccc2ccn(CCOc3cccc(F)c3F)c2n1. The maximum atomic E-state index is 13.5. The number of hydrogen-bond acceptors (Lipinski definition) is 4. The molecule has 2 heterocycles. The van der Waals surface area contributed by atoms with E-state index < -0.39 is 17.5 Å². The highest BCUT2D eigenvalue weighted by atomic mass is 19.2. The molecule has 2 N–H and O–H groups in total. The first-order chi connectivity index (χ1) is 11.6. The number of nitrogens with zero attached hydrogens (tertiary/aromatic N) is 2. The number of pyridine rings is 1. The number of nitrogens with one attached hydrogen (secondary N) is 1. The monoisotopic (exact) mass is 333 g/mol. The number of rotatable bonds is 5. The number of hydroxylamine groups is 1. The number of amides is 1. The standard InChI is InChI=1S/C16H13F2N3O3/c17-11-2-1-3-13(14(11)18)24-9-8-21-7-6-10-4-5-12(16(22)20-23)19-15(10)21/h1-7,23H,8-9H2,(H,20,22). The van der Waals surface area contributed by atoms with Crippen LogP contribution in [0.4, 0.5) is 8.78 Å². The molecule has 0 saturated carbocycles. The van der Waals surface area contributed by atoms with Gasteiger partial charge < -0.3 is 9.30 Å². The van der Waals surface area contributed by atoms with Gasteiger partial charge in [-0.25, -0.2) is 14.9 Å². The first kappa shape index (κ1) is 15.9. The van der Waals surface area contributed by atoms with E-state index in [0.29, 0.717) is 12.2 Å². The molecule has 0 radical (unpaired) electrons. The highest BCUT2D eigenvalue weighted by Crippen LogP contribution is 2.19. The molecule has 0 saturated heterocycles. The van der Waals surface area contributed by atoms with Gasteiger partial charge in [0.1, 0.15) is 17.9 Å². The molecule has 0 atom stereocenters. The van der Waals surface area contributed by atoms with Gasteiger partial charge in [0.15, 0.2) is 11.6 Å². The van der Waals surface area contributed by atoms with Crippen LogP contribution in [-0.2, 0) is 6.54 Å². The van der Waals surface area contributed by atoms with E-state index in [2.05, 4.69) is 4.98 Å². The van der Waals surface area contributed by atoms with Crippen LogP contribution in [-0.4, -0.2) is 27.3 Å². The Balaban J connectivity index is 1.75. The average molecular weight is 333 g/mol. The van der Waals surface area contributed by atoms with Gasteiger partial charge in [-0.05, 0) is 30.3 Å². The predicted molar refractivity (Wildman–Crippen MR) is 80.8 cm³/mol. The molecule has 2 aromatic heterocycles. The van der Waals surface area contributed by atoms with Crippen LogP contribution in [0.2, 0.25) is 0 Å². The Morgan fingerprint density at radius 3 is 2.88 bits per heavy atom. The number of halogens is 2. The van der Waals surface area contributed by atoms with Crippen molar-refractivity contribution < 1.29 is 23.5 Å². The minimum atomic E-state index is -1.03. The maximum absolute atomic E-state index is 13.5. The summed E-state index contributed by atoms with van der Waals surface area (Å²) < 4.78 is 33.6. The molecule has 6 nitrogen and oxygen atoms in total. The van der Waals surface area contributed by atoms with Crippen molar-refractivity contribution in [3.63, 3.8) is 0 Å². The molecule has 0 unspecified atom stereocenters. The van der Waals surface area contributed by atoms with Gasteiger partial charge in [0, 0.05) is 11.6 Å². The molecule has 1 amide bonds. The van der Waals surface area contributed by atoms with Crippen LogP contribution in [0.15, 0.2) is 42.6 Å². The molecule has 0 aliphatic rings. The molecule has 8 heteroatoms. The minimum absolute atomic E-state index is 0.0574. The lowest BCUT2D eigenvalue weighted by atomic mass is 10.3. The van der Waals surface area contributed by atoms with Crippen LogP contribution in [0, 0.1) is 11.6 Å². The Kier molecular flexibility index (Phi) is 4.39. The van der Waals surface area contributed by atoms with E-state index in [1.165, 1.54) is 23.7 Å². The van der Waals surface area contributed by atoms with Crippen molar-refractivity contribution in [3.05, 3.63) is 59.9 Å². The van der Waals surface area contributed by atoms with Crippen LogP contribution in [0.25, 0.3) is 11.0 Å². The fourth-order valence-corrected chi connectivity index (χ4v) is 2.27. The number of aromatic nitrogens is 2. The molecule has 124 valence electrons. The Labute approximate surface area is 135 Å². The van der Waals surface area contributed by atoms with Gasteiger partial charge in [-0.2, -0.15) is 4.39 Å². The van der Waals surface area contributed by atoms with Crippen molar-refractivity contribution in [1.29, 1.82) is 0 Å². The molecule has 0 bridgehead atoms. The Hall–Kier alpha value is -3.00. The van der Waals surface area contributed by atoms with Crippen molar-refractivity contribution in [2.24, 2.45) is 0 Å². The summed E-state index contributed by atoms with van der Waals surface area (Å²) in [6.45, 7) is 0.402. The number of benzene rings is 1. The number of carbonyl (C=O) groups excluding carboxylic acids is 1. The summed E-state index contributed by atoms with van der Waals surface area (Å²) >= 11 is 0. The highest BCUT2D eigenvalue weighted by molar-refractivity contribution is 5.93. The highest BCUT2D eigenvalue weighted by Gasteiger charge is 2.11. The third-order valence-electron chi connectivity index (χ3n) is 3.45. The molecule has 3 aromatic rings. The lowest BCUT2D eigenvalue weighted by Crippen LogP contribution is -2.20. The minimum Gasteiger partial charge on any atom is -0.489 e. The third kappa shape index (κ3) is 3.04. The van der Waals surface area contributed by atoms with Crippen LogP contribution < -0.4 is 10.2 Å². The predicted octanol–water partition coefficient (Wildman–Crippen LogP) is 2.51. The first-order valence-electron chi connectivity index (χ1n) is 7.07. The van der Waals surface area contributed by atoms with Crippen molar-refractivity contribution in [3.8, 4) is 5.75 Å². The smallest absolute Gasteiger partial charge is 0.293 e. The number of ether oxygens (including phenoxy) is 1. The van der Waals surface area contributed by atoms with Gasteiger partial charge in [0.05, 0.1) is 6.54 Å². The fourth-order valence-electron chi connectivity index (χ4n) is 2.27. The fraction of sp³-hybridized carbons (Fsp3) is 0.125. The van der Waals surface area contributed by atoms with Crippen molar-refractivity contribution >= 4 is 16.9 Å². The molecular formula is C16H13F2N3O3. The van der Waals surface area contributed by atoms with Gasteiger partial charge in [-0.3, -0.25) is 10.0 Å². The van der Waals surface area contributed by atoms with Crippen LogP contribution in [0.5, 0.6) is 5.75 Å². The summed E-state index contributed by atoms with van der Waals surface area (Å²) in [6.07, 6.45) is 1.74. The van der Waals surface area contributed by atoms with E-state index in [0.717, 1.165) is 11.5 Å². The molecule has 3 rings (SSSR count). The topological polar surface area (TPSA) is 76.4 Å². The zero-order chi connectivity index (χ0) is 17.1. The van der Waals surface area contributed by atoms with E-state index in [9.17, 15) is 13.6 Å². The molecule has 0 aliphatic carbocycles. The quantitative estimate of drug-likeness (QED) is 0.556. The van der Waals surface area contributed by atoms with E-state index in [-0.39, 0.29) is 18.1 Å². The number of fused-ring (bicyclic) bond motifs is 1. The molecule has 0 spiro atoms. The molecule has 0 fully saturated rings. The van der Waals surface area contributed by atoms with Crippen LogP contribution >= 0.6 is 0 Å². The average Bonchev–Trinajstić information content (AvgIpc) is 3.00. The van der Waals surface area contributed by atoms with Gasteiger partial charge in [-0.15, -0.1) is 0 Å². The summed E-state index contributed by atoms with van der Waals surface area (Å²) in [7, 11) is 0. The van der Waals surface area contributed by atoms with Gasteiger partial charge >= 0.3 is 0 Å². The van der Waals surface area contributed by atoms with Crippen molar-refractivity contribution in [2.75, 3.05) is 6.61 Å². The molecule has 0 aliphatic heterocycles. The van der Waals surface area contributed by atoms with E-state index >= 15 is 0 Å². The van der Waals surface area contributed by atoms with E-state index in [1.807, 2.05) is 0 Å². The van der Waals surface area contributed by atoms with Crippen LogP contribution in [0.3, 0.4) is 0 Å². The third-order valence-corrected chi connectivity index (χ3v) is 3.45. The molecule has 1 aromatic carbocycles. The Morgan fingerprint density at radius 1 is 1.25 bits per heavy atom. The zero-order valence-electron chi connectivity index (χ0n) is 12.4. The second-order valence-electron chi connectivity index (χ2n) is 4.96. The van der Waals surface area contributed by atoms with E-state index in [4.69, 9.17) is 9.94 Å². The van der Waals surface area contributed by atoms with E-state index in [1.54, 1.807) is 22.9 Å². The summed E-state index contributed by atoms with van der Waals surface area (Å²) in [4.78, 5) is 15.6. The zero-order valence-corrected chi connectivity index (χ0v) is 12.4. The first-order valence-corrected chi connectivity index (χ1v) is 7.07. The van der Waals surface area contributed by atoms with Gasteiger partial charge in [-0.1, -0.05) is 6.07 Å². The molecule has 24 heavy (non-hydrogen) atoms. The second kappa shape index (κ2) is 6.63. The Bertz CT molecular complexity index is 895. The summed E-state index contributed by atoms with van der Waals surface area (Å²) in [5.74, 6) is -2.89.